The minimum absolute atomic E-state index is 0.140. The van der Waals surface area contributed by atoms with Crippen LogP contribution in [0, 0.1) is 0 Å². The third-order valence-corrected chi connectivity index (χ3v) is 4.05. The molecule has 18 heavy (non-hydrogen) atoms. The van der Waals surface area contributed by atoms with Crippen LogP contribution in [0.2, 0.25) is 0 Å². The van der Waals surface area contributed by atoms with Gasteiger partial charge in [-0.3, -0.25) is 0 Å². The SMILES string of the molecule is CCCCCCCCCCCCCCOP(C)C. The Balaban J connectivity index is 2.90. The average Bonchev–Trinajstić information content (AvgIpc) is 2.34. The lowest BCUT2D eigenvalue weighted by Crippen LogP contribution is -1.89. The van der Waals surface area contributed by atoms with Crippen molar-refractivity contribution >= 4 is 8.15 Å². The highest BCUT2D eigenvalue weighted by Gasteiger charge is 1.95. The minimum Gasteiger partial charge on any atom is -0.360 e. The second kappa shape index (κ2) is 15.4. The molecule has 0 radical (unpaired) electrons. The molecule has 2 heteroatoms. The predicted octanol–water partition coefficient (Wildman–Crippen LogP) is 6.36. The molecular formula is C16H35OP. The number of rotatable bonds is 14. The van der Waals surface area contributed by atoms with Crippen molar-refractivity contribution < 1.29 is 4.52 Å². The van der Waals surface area contributed by atoms with Gasteiger partial charge in [0.15, 0.2) is 0 Å². The van der Waals surface area contributed by atoms with Gasteiger partial charge in [0.1, 0.15) is 0 Å². The van der Waals surface area contributed by atoms with Gasteiger partial charge < -0.3 is 4.52 Å². The lowest BCUT2D eigenvalue weighted by atomic mass is 10.1. The Bertz CT molecular complexity index is 148. The molecule has 0 saturated heterocycles. The molecule has 0 atom stereocenters. The molecular weight excluding hydrogens is 239 g/mol. The molecule has 0 amide bonds. The predicted molar refractivity (Wildman–Crippen MR) is 85.8 cm³/mol. The molecule has 0 spiro atoms. The second-order valence-electron chi connectivity index (χ2n) is 5.53. The van der Waals surface area contributed by atoms with Crippen molar-refractivity contribution in [1.29, 1.82) is 0 Å². The van der Waals surface area contributed by atoms with Crippen LogP contribution in [0.1, 0.15) is 84.0 Å². The highest BCUT2D eigenvalue weighted by molar-refractivity contribution is 7.50. The molecule has 110 valence electrons. The van der Waals surface area contributed by atoms with Gasteiger partial charge >= 0.3 is 0 Å². The highest BCUT2D eigenvalue weighted by atomic mass is 31.1. The van der Waals surface area contributed by atoms with Gasteiger partial charge in [-0.1, -0.05) is 77.6 Å². The lowest BCUT2D eigenvalue weighted by molar-refractivity contribution is 0.339. The van der Waals surface area contributed by atoms with Crippen molar-refractivity contribution in [2.24, 2.45) is 0 Å². The Morgan fingerprint density at radius 2 is 1.00 bits per heavy atom. The van der Waals surface area contributed by atoms with Gasteiger partial charge in [0.25, 0.3) is 0 Å². The van der Waals surface area contributed by atoms with Crippen LogP contribution in [0.15, 0.2) is 0 Å². The van der Waals surface area contributed by atoms with Crippen LogP contribution in [0.4, 0.5) is 0 Å². The largest absolute Gasteiger partial charge is 0.360 e. The Morgan fingerprint density at radius 3 is 1.39 bits per heavy atom. The van der Waals surface area contributed by atoms with Crippen molar-refractivity contribution in [3.8, 4) is 0 Å². The number of hydrogen-bond acceptors (Lipinski definition) is 1. The third kappa shape index (κ3) is 16.4. The normalized spacial score (nSPS) is 11.3. The Hall–Kier alpha value is 0.390. The van der Waals surface area contributed by atoms with E-state index < -0.39 is 0 Å². The number of unbranched alkanes of at least 4 members (excludes halogenated alkanes) is 11. The highest BCUT2D eigenvalue weighted by Crippen LogP contribution is 2.25. The molecule has 0 aromatic heterocycles. The van der Waals surface area contributed by atoms with E-state index in [2.05, 4.69) is 20.3 Å². The molecule has 0 aromatic rings. The first kappa shape index (κ1) is 18.4. The van der Waals surface area contributed by atoms with E-state index in [4.69, 9.17) is 4.52 Å². The van der Waals surface area contributed by atoms with Crippen molar-refractivity contribution in [2.45, 2.75) is 84.0 Å². The van der Waals surface area contributed by atoms with E-state index in [1.54, 1.807) is 0 Å². The van der Waals surface area contributed by atoms with Crippen LogP contribution in [-0.4, -0.2) is 19.9 Å². The summed E-state index contributed by atoms with van der Waals surface area (Å²) in [6, 6.07) is 0. The molecule has 0 unspecified atom stereocenters. The van der Waals surface area contributed by atoms with Crippen molar-refractivity contribution in [3.63, 3.8) is 0 Å². The van der Waals surface area contributed by atoms with Crippen LogP contribution in [-0.2, 0) is 4.52 Å². The fraction of sp³-hybridized carbons (Fsp3) is 1.00. The zero-order valence-electron chi connectivity index (χ0n) is 13.0. The summed E-state index contributed by atoms with van der Waals surface area (Å²) in [5.74, 6) is 0. The fourth-order valence-electron chi connectivity index (χ4n) is 2.19. The third-order valence-electron chi connectivity index (χ3n) is 3.35. The number of hydrogen-bond donors (Lipinski definition) is 0. The van der Waals surface area contributed by atoms with Crippen LogP contribution in [0.25, 0.3) is 0 Å². The van der Waals surface area contributed by atoms with Gasteiger partial charge in [0.05, 0.1) is 6.61 Å². The van der Waals surface area contributed by atoms with E-state index in [-0.39, 0.29) is 8.15 Å². The van der Waals surface area contributed by atoms with Crippen LogP contribution >= 0.6 is 8.15 Å². The van der Waals surface area contributed by atoms with Crippen molar-refractivity contribution in [1.82, 2.24) is 0 Å². The van der Waals surface area contributed by atoms with Crippen LogP contribution in [0.3, 0.4) is 0 Å². The van der Waals surface area contributed by atoms with Gasteiger partial charge in [-0.25, -0.2) is 0 Å². The second-order valence-corrected chi connectivity index (χ2v) is 7.42. The molecule has 0 saturated carbocycles. The molecule has 0 N–H and O–H groups in total. The quantitative estimate of drug-likeness (QED) is 0.264. The van der Waals surface area contributed by atoms with E-state index in [9.17, 15) is 0 Å². The van der Waals surface area contributed by atoms with Gasteiger partial charge in [-0.15, -0.1) is 0 Å². The zero-order valence-corrected chi connectivity index (χ0v) is 13.9. The van der Waals surface area contributed by atoms with E-state index in [1.165, 1.54) is 77.0 Å². The Morgan fingerprint density at radius 1 is 0.611 bits per heavy atom. The van der Waals surface area contributed by atoms with Crippen LogP contribution < -0.4 is 0 Å². The fourth-order valence-corrected chi connectivity index (χ4v) is 2.68. The smallest absolute Gasteiger partial charge is 0.0508 e. The molecule has 0 aliphatic heterocycles. The van der Waals surface area contributed by atoms with Gasteiger partial charge in [0, 0.05) is 8.15 Å². The molecule has 0 fully saturated rings. The Kier molecular flexibility index (Phi) is 15.8. The summed E-state index contributed by atoms with van der Waals surface area (Å²) in [7, 11) is -0.140. The molecule has 0 aromatic carbocycles. The summed E-state index contributed by atoms with van der Waals surface area (Å²) in [6.45, 7) is 7.62. The molecule has 0 rings (SSSR count). The summed E-state index contributed by atoms with van der Waals surface area (Å²) in [4.78, 5) is 0. The van der Waals surface area contributed by atoms with E-state index in [0.29, 0.717) is 0 Å². The first-order chi connectivity index (χ1) is 8.77. The Labute approximate surface area is 117 Å². The summed E-state index contributed by atoms with van der Waals surface area (Å²) in [6.07, 6.45) is 17.0. The van der Waals surface area contributed by atoms with E-state index in [0.717, 1.165) is 6.61 Å². The monoisotopic (exact) mass is 274 g/mol. The van der Waals surface area contributed by atoms with Gasteiger partial charge in [-0.2, -0.15) is 0 Å². The maximum Gasteiger partial charge on any atom is 0.0508 e. The van der Waals surface area contributed by atoms with Crippen molar-refractivity contribution in [2.75, 3.05) is 19.9 Å². The topological polar surface area (TPSA) is 9.23 Å². The summed E-state index contributed by atoms with van der Waals surface area (Å²) in [5.41, 5.74) is 0. The maximum atomic E-state index is 5.60. The van der Waals surface area contributed by atoms with Crippen molar-refractivity contribution in [3.05, 3.63) is 0 Å². The molecule has 0 aliphatic carbocycles. The summed E-state index contributed by atoms with van der Waals surface area (Å²) in [5, 5.41) is 0. The first-order valence-electron chi connectivity index (χ1n) is 8.07. The summed E-state index contributed by atoms with van der Waals surface area (Å²) < 4.78 is 5.60. The van der Waals surface area contributed by atoms with E-state index in [1.807, 2.05) is 0 Å². The first-order valence-corrected chi connectivity index (χ1v) is 10.2. The van der Waals surface area contributed by atoms with Gasteiger partial charge in [0.2, 0.25) is 0 Å². The average molecular weight is 274 g/mol. The minimum atomic E-state index is -0.140. The molecule has 0 heterocycles. The van der Waals surface area contributed by atoms with Gasteiger partial charge in [-0.05, 0) is 19.8 Å². The standard InChI is InChI=1S/C16H35OP/c1-4-5-6-7-8-9-10-11-12-13-14-15-16-17-18(2)3/h4-16H2,1-3H3. The maximum absolute atomic E-state index is 5.60. The molecule has 0 aliphatic rings. The lowest BCUT2D eigenvalue weighted by Gasteiger charge is -2.06. The molecule has 0 bridgehead atoms. The zero-order chi connectivity index (χ0) is 13.5. The van der Waals surface area contributed by atoms with E-state index >= 15 is 0 Å². The summed E-state index contributed by atoms with van der Waals surface area (Å²) >= 11 is 0. The molecule has 1 nitrogen and oxygen atoms in total. The van der Waals surface area contributed by atoms with Crippen LogP contribution in [0.5, 0.6) is 0 Å².